The lowest BCUT2D eigenvalue weighted by Crippen LogP contribution is -2.02. The molecule has 0 radical (unpaired) electrons. The molecule has 1 fully saturated rings. The summed E-state index contributed by atoms with van der Waals surface area (Å²) in [6.07, 6.45) is 5.85. The van der Waals surface area contributed by atoms with Gasteiger partial charge in [0.1, 0.15) is 11.6 Å². The topological polar surface area (TPSA) is 67.3 Å². The number of benzene rings is 1. The molecule has 26 heavy (non-hydrogen) atoms. The molecule has 0 spiro atoms. The van der Waals surface area contributed by atoms with E-state index < -0.39 is 0 Å². The van der Waals surface area contributed by atoms with Gasteiger partial charge in [-0.05, 0) is 67.6 Å². The van der Waals surface area contributed by atoms with Crippen LogP contribution < -0.4 is 10.1 Å². The van der Waals surface area contributed by atoms with Gasteiger partial charge in [0.15, 0.2) is 0 Å². The molecule has 2 atom stereocenters. The number of aliphatic hydroxyl groups is 1. The molecule has 1 aliphatic carbocycles. The van der Waals surface area contributed by atoms with E-state index in [1.165, 1.54) is 0 Å². The van der Waals surface area contributed by atoms with Gasteiger partial charge < -0.3 is 15.2 Å². The maximum atomic E-state index is 9.82. The minimum atomic E-state index is -0.218. The molecular formula is C21H21N3O2. The summed E-state index contributed by atoms with van der Waals surface area (Å²) in [6.45, 7) is 0. The Morgan fingerprint density at radius 3 is 2.50 bits per heavy atom. The fourth-order valence-electron chi connectivity index (χ4n) is 3.34. The Bertz CT molecular complexity index is 853. The van der Waals surface area contributed by atoms with Crippen molar-refractivity contribution < 1.29 is 9.84 Å². The molecule has 0 bridgehead atoms. The highest BCUT2D eigenvalue weighted by molar-refractivity contribution is 5.57. The van der Waals surface area contributed by atoms with Crippen LogP contribution in [0.25, 0.3) is 0 Å². The zero-order valence-corrected chi connectivity index (χ0v) is 14.4. The van der Waals surface area contributed by atoms with Gasteiger partial charge in [-0.25, -0.2) is 9.97 Å². The summed E-state index contributed by atoms with van der Waals surface area (Å²) in [5, 5.41) is 13.1. The summed E-state index contributed by atoms with van der Waals surface area (Å²) in [6, 6.07) is 17.4. The monoisotopic (exact) mass is 347 g/mol. The Kier molecular flexibility index (Phi) is 4.80. The lowest BCUT2D eigenvalue weighted by Gasteiger charge is -2.15. The summed E-state index contributed by atoms with van der Waals surface area (Å²) in [5.41, 5.74) is 2.01. The Morgan fingerprint density at radius 2 is 1.77 bits per heavy atom. The molecule has 2 N–H and O–H groups in total. The van der Waals surface area contributed by atoms with Crippen LogP contribution in [-0.2, 0) is 0 Å². The number of pyridine rings is 2. The van der Waals surface area contributed by atoms with E-state index in [0.29, 0.717) is 11.8 Å². The normalized spacial score (nSPS) is 19.3. The fourth-order valence-corrected chi connectivity index (χ4v) is 3.34. The maximum Gasteiger partial charge on any atom is 0.222 e. The number of ether oxygens (including phenoxy) is 1. The van der Waals surface area contributed by atoms with Gasteiger partial charge in [0.05, 0.1) is 6.10 Å². The highest BCUT2D eigenvalue weighted by atomic mass is 16.5. The lowest BCUT2D eigenvalue weighted by atomic mass is 9.99. The molecular weight excluding hydrogens is 326 g/mol. The van der Waals surface area contributed by atoms with Crippen molar-refractivity contribution in [2.45, 2.75) is 31.3 Å². The van der Waals surface area contributed by atoms with Crippen LogP contribution in [0.2, 0.25) is 0 Å². The highest BCUT2D eigenvalue weighted by Crippen LogP contribution is 2.39. The van der Waals surface area contributed by atoms with Gasteiger partial charge in [-0.3, -0.25) is 0 Å². The molecule has 2 aromatic heterocycles. The first-order valence-corrected chi connectivity index (χ1v) is 8.87. The first kappa shape index (κ1) is 16.5. The van der Waals surface area contributed by atoms with Crippen molar-refractivity contribution in [3.05, 3.63) is 72.6 Å². The van der Waals surface area contributed by atoms with Crippen LogP contribution in [0, 0.1) is 0 Å². The number of rotatable bonds is 5. The molecule has 0 saturated heterocycles. The van der Waals surface area contributed by atoms with Gasteiger partial charge in [-0.1, -0.05) is 12.1 Å². The molecule has 5 nitrogen and oxygen atoms in total. The van der Waals surface area contributed by atoms with Crippen molar-refractivity contribution in [2.24, 2.45) is 0 Å². The number of nitrogens with one attached hydrogen (secondary N) is 1. The van der Waals surface area contributed by atoms with Gasteiger partial charge in [0, 0.05) is 23.6 Å². The van der Waals surface area contributed by atoms with E-state index in [0.717, 1.165) is 42.1 Å². The van der Waals surface area contributed by atoms with E-state index in [2.05, 4.69) is 15.3 Å². The van der Waals surface area contributed by atoms with Crippen LogP contribution in [0.3, 0.4) is 0 Å². The SMILES string of the molecule is O[C@H]1CC[C@@H](c2cccnc2Oc2ccc(Nc3ccccn3)cc2)C1. The van der Waals surface area contributed by atoms with Crippen LogP contribution in [0.15, 0.2) is 67.0 Å². The second-order valence-corrected chi connectivity index (χ2v) is 6.53. The molecule has 1 aromatic carbocycles. The average molecular weight is 347 g/mol. The smallest absolute Gasteiger partial charge is 0.222 e. The molecule has 2 heterocycles. The van der Waals surface area contributed by atoms with Gasteiger partial charge in [-0.15, -0.1) is 0 Å². The number of hydrogen-bond acceptors (Lipinski definition) is 5. The van der Waals surface area contributed by atoms with Crippen LogP contribution in [0.4, 0.5) is 11.5 Å². The third-order valence-electron chi connectivity index (χ3n) is 4.65. The number of aromatic nitrogens is 2. The number of anilines is 2. The standard InChI is InChI=1S/C21H21N3O2/c25-17-9-6-15(14-17)19-4-3-13-23-21(19)26-18-10-7-16(8-11-18)24-20-5-1-2-12-22-20/h1-5,7-8,10-13,15,17,25H,6,9,14H2,(H,22,24)/t15-,17+/m1/s1. The van der Waals surface area contributed by atoms with Gasteiger partial charge in [0.25, 0.3) is 0 Å². The minimum Gasteiger partial charge on any atom is -0.439 e. The predicted molar refractivity (Wildman–Crippen MR) is 101 cm³/mol. The molecule has 1 saturated carbocycles. The zero-order chi connectivity index (χ0) is 17.8. The minimum absolute atomic E-state index is 0.218. The first-order chi connectivity index (χ1) is 12.8. The van der Waals surface area contributed by atoms with Crippen LogP contribution in [-0.4, -0.2) is 21.2 Å². The van der Waals surface area contributed by atoms with E-state index in [4.69, 9.17) is 4.74 Å². The largest absolute Gasteiger partial charge is 0.439 e. The van der Waals surface area contributed by atoms with E-state index in [9.17, 15) is 5.11 Å². The second-order valence-electron chi connectivity index (χ2n) is 6.53. The van der Waals surface area contributed by atoms with E-state index in [1.54, 1.807) is 12.4 Å². The predicted octanol–water partition coefficient (Wildman–Crippen LogP) is 4.64. The number of aliphatic hydroxyl groups excluding tert-OH is 1. The number of hydrogen-bond donors (Lipinski definition) is 2. The summed E-state index contributed by atoms with van der Waals surface area (Å²) in [4.78, 5) is 8.66. The third-order valence-corrected chi connectivity index (χ3v) is 4.65. The Labute approximate surface area is 152 Å². The Balaban J connectivity index is 1.48. The Morgan fingerprint density at radius 1 is 0.923 bits per heavy atom. The second kappa shape index (κ2) is 7.54. The summed E-state index contributed by atoms with van der Waals surface area (Å²) in [5.74, 6) is 2.46. The third kappa shape index (κ3) is 3.83. The van der Waals surface area contributed by atoms with E-state index in [-0.39, 0.29) is 6.10 Å². The average Bonchev–Trinajstić information content (AvgIpc) is 3.11. The molecule has 0 unspecified atom stereocenters. The van der Waals surface area contributed by atoms with Crippen molar-refractivity contribution >= 4 is 11.5 Å². The molecule has 5 heteroatoms. The van der Waals surface area contributed by atoms with Gasteiger partial charge in [-0.2, -0.15) is 0 Å². The van der Waals surface area contributed by atoms with Crippen LogP contribution >= 0.6 is 0 Å². The van der Waals surface area contributed by atoms with Crippen molar-refractivity contribution in [3.8, 4) is 11.6 Å². The maximum absolute atomic E-state index is 9.82. The first-order valence-electron chi connectivity index (χ1n) is 8.87. The molecule has 132 valence electrons. The molecule has 0 aliphatic heterocycles. The van der Waals surface area contributed by atoms with Crippen molar-refractivity contribution in [3.63, 3.8) is 0 Å². The van der Waals surface area contributed by atoms with E-state index >= 15 is 0 Å². The Hall–Kier alpha value is -2.92. The molecule has 1 aliphatic rings. The van der Waals surface area contributed by atoms with Crippen LogP contribution in [0.1, 0.15) is 30.7 Å². The fraction of sp³-hybridized carbons (Fsp3) is 0.238. The molecule has 4 rings (SSSR count). The molecule has 0 amide bonds. The summed E-state index contributed by atoms with van der Waals surface area (Å²) >= 11 is 0. The van der Waals surface area contributed by atoms with Crippen molar-refractivity contribution in [1.29, 1.82) is 0 Å². The number of nitrogens with zero attached hydrogens (tertiary/aromatic N) is 2. The van der Waals surface area contributed by atoms with Crippen LogP contribution in [0.5, 0.6) is 11.6 Å². The zero-order valence-electron chi connectivity index (χ0n) is 14.4. The lowest BCUT2D eigenvalue weighted by molar-refractivity contribution is 0.181. The summed E-state index contributed by atoms with van der Waals surface area (Å²) in [7, 11) is 0. The van der Waals surface area contributed by atoms with Gasteiger partial charge >= 0.3 is 0 Å². The molecule has 3 aromatic rings. The van der Waals surface area contributed by atoms with Crippen molar-refractivity contribution in [2.75, 3.05) is 5.32 Å². The van der Waals surface area contributed by atoms with E-state index in [1.807, 2.05) is 54.6 Å². The summed E-state index contributed by atoms with van der Waals surface area (Å²) < 4.78 is 6.03. The van der Waals surface area contributed by atoms with Gasteiger partial charge in [0.2, 0.25) is 5.88 Å². The quantitative estimate of drug-likeness (QED) is 0.704. The van der Waals surface area contributed by atoms with Crippen molar-refractivity contribution in [1.82, 2.24) is 9.97 Å². The highest BCUT2D eigenvalue weighted by Gasteiger charge is 2.27.